The molecule has 2 aromatic rings. The van der Waals surface area contributed by atoms with Crippen LogP contribution in [0.1, 0.15) is 0 Å². The first-order valence-electron chi connectivity index (χ1n) is 4.66. The van der Waals surface area contributed by atoms with E-state index in [-0.39, 0.29) is 0 Å². The van der Waals surface area contributed by atoms with Crippen molar-refractivity contribution in [1.29, 1.82) is 0 Å². The minimum atomic E-state index is 0.490. The van der Waals surface area contributed by atoms with Gasteiger partial charge >= 0.3 is 0 Å². The molecule has 4 heteroatoms. The van der Waals surface area contributed by atoms with Gasteiger partial charge in [-0.3, -0.25) is 0 Å². The van der Waals surface area contributed by atoms with E-state index in [0.717, 1.165) is 11.0 Å². The molecule has 0 aliphatic rings. The van der Waals surface area contributed by atoms with Crippen molar-refractivity contribution in [1.82, 2.24) is 9.55 Å². The summed E-state index contributed by atoms with van der Waals surface area (Å²) in [5.74, 6) is 0. The quantitative estimate of drug-likeness (QED) is 0.588. The fourth-order valence-corrected chi connectivity index (χ4v) is 1.75. The van der Waals surface area contributed by atoms with E-state index in [1.807, 2.05) is 28.8 Å². The van der Waals surface area contributed by atoms with Crippen molar-refractivity contribution in [2.24, 2.45) is 0 Å². The van der Waals surface area contributed by atoms with Crippen LogP contribution >= 0.6 is 11.6 Å². The number of ether oxygens (including phenoxy) is 1. The highest BCUT2D eigenvalue weighted by Gasteiger charge is 2.06. The Morgan fingerprint density at radius 2 is 2.27 bits per heavy atom. The van der Waals surface area contributed by atoms with E-state index in [1.165, 1.54) is 6.26 Å². The molecule has 0 unspecified atom stereocenters. The van der Waals surface area contributed by atoms with Crippen LogP contribution in [0.5, 0.6) is 0 Å². The van der Waals surface area contributed by atoms with Crippen molar-refractivity contribution in [3.05, 3.63) is 42.4 Å². The number of aromatic nitrogens is 2. The van der Waals surface area contributed by atoms with Gasteiger partial charge in [-0.25, -0.2) is 4.98 Å². The minimum absolute atomic E-state index is 0.490. The Bertz CT molecular complexity index is 478. The Kier molecular flexibility index (Phi) is 2.92. The maximum atomic E-state index is 6.02. The predicted molar refractivity (Wildman–Crippen MR) is 60.9 cm³/mol. The number of rotatable bonds is 4. The molecule has 78 valence electrons. The highest BCUT2D eigenvalue weighted by Crippen LogP contribution is 2.18. The number of halogens is 1. The van der Waals surface area contributed by atoms with Gasteiger partial charge in [-0.15, -0.1) is 0 Å². The topological polar surface area (TPSA) is 27.1 Å². The first kappa shape index (κ1) is 10.1. The Labute approximate surface area is 92.9 Å². The van der Waals surface area contributed by atoms with Gasteiger partial charge in [-0.05, 0) is 23.7 Å². The van der Waals surface area contributed by atoms with E-state index >= 15 is 0 Å². The lowest BCUT2D eigenvalue weighted by Crippen LogP contribution is -2.03. The van der Waals surface area contributed by atoms with Crippen LogP contribution in [0.15, 0.2) is 37.1 Å². The molecule has 0 spiro atoms. The molecule has 0 saturated heterocycles. The van der Waals surface area contributed by atoms with Crippen molar-refractivity contribution >= 4 is 22.6 Å². The molecule has 0 N–H and O–H groups in total. The highest BCUT2D eigenvalue weighted by atomic mass is 35.5. The summed E-state index contributed by atoms with van der Waals surface area (Å²) in [6.07, 6.45) is 1.42. The lowest BCUT2D eigenvalue weighted by molar-refractivity contribution is 0.237. The molecule has 15 heavy (non-hydrogen) atoms. The van der Waals surface area contributed by atoms with E-state index in [4.69, 9.17) is 16.3 Å². The van der Waals surface area contributed by atoms with Gasteiger partial charge in [0.25, 0.3) is 0 Å². The summed E-state index contributed by atoms with van der Waals surface area (Å²) in [5.41, 5.74) is 1.93. The number of benzene rings is 1. The third-order valence-corrected chi connectivity index (χ3v) is 2.45. The summed E-state index contributed by atoms with van der Waals surface area (Å²) < 4.78 is 6.98. The molecule has 2 rings (SSSR count). The average Bonchev–Trinajstić information content (AvgIpc) is 2.56. The van der Waals surface area contributed by atoms with Crippen LogP contribution in [-0.4, -0.2) is 16.2 Å². The largest absolute Gasteiger partial charge is 0.500 e. The maximum Gasteiger partial charge on any atom is 0.203 e. The molecule has 0 aliphatic carbocycles. The standard InChI is InChI=1S/C11H11ClN2O/c1-2-15-8-7-14-10-6-4-3-5-9(10)13-11(14)12/h2-6H,1,7-8H2. The Hall–Kier alpha value is -1.48. The summed E-state index contributed by atoms with van der Waals surface area (Å²) in [4.78, 5) is 4.24. The van der Waals surface area contributed by atoms with Crippen LogP contribution in [0.25, 0.3) is 11.0 Å². The second-order valence-corrected chi connectivity index (χ2v) is 3.40. The summed E-state index contributed by atoms with van der Waals surface area (Å²) in [7, 11) is 0. The Morgan fingerprint density at radius 1 is 1.47 bits per heavy atom. The molecule has 1 heterocycles. The molecule has 0 aliphatic heterocycles. The molecule has 1 aromatic carbocycles. The monoisotopic (exact) mass is 222 g/mol. The zero-order chi connectivity index (χ0) is 10.7. The van der Waals surface area contributed by atoms with Crippen molar-refractivity contribution < 1.29 is 4.74 Å². The fraction of sp³-hybridized carbons (Fsp3) is 0.182. The van der Waals surface area contributed by atoms with Crippen LogP contribution < -0.4 is 0 Å². The van der Waals surface area contributed by atoms with Crippen molar-refractivity contribution in [2.75, 3.05) is 6.61 Å². The summed E-state index contributed by atoms with van der Waals surface area (Å²) >= 11 is 6.02. The van der Waals surface area contributed by atoms with Gasteiger partial charge in [0.05, 0.1) is 23.8 Å². The van der Waals surface area contributed by atoms with E-state index in [2.05, 4.69) is 11.6 Å². The zero-order valence-electron chi connectivity index (χ0n) is 8.19. The highest BCUT2D eigenvalue weighted by molar-refractivity contribution is 6.29. The van der Waals surface area contributed by atoms with Crippen LogP contribution in [0.3, 0.4) is 0 Å². The molecule has 0 atom stereocenters. The van der Waals surface area contributed by atoms with Gasteiger partial charge in [0.2, 0.25) is 5.28 Å². The van der Waals surface area contributed by atoms with E-state index in [1.54, 1.807) is 0 Å². The minimum Gasteiger partial charge on any atom is -0.500 e. The van der Waals surface area contributed by atoms with Gasteiger partial charge in [-0.1, -0.05) is 18.7 Å². The number of imidazole rings is 1. The Balaban J connectivity index is 2.32. The first-order valence-corrected chi connectivity index (χ1v) is 5.04. The van der Waals surface area contributed by atoms with E-state index in [0.29, 0.717) is 18.4 Å². The number of fused-ring (bicyclic) bond motifs is 1. The molecule has 0 radical (unpaired) electrons. The third-order valence-electron chi connectivity index (χ3n) is 2.16. The van der Waals surface area contributed by atoms with Gasteiger partial charge in [0, 0.05) is 0 Å². The molecule has 0 bridgehead atoms. The molecule has 0 amide bonds. The molecular formula is C11H11ClN2O. The third kappa shape index (κ3) is 1.97. The van der Waals surface area contributed by atoms with Gasteiger partial charge in [-0.2, -0.15) is 0 Å². The molecular weight excluding hydrogens is 212 g/mol. The molecule has 1 aromatic heterocycles. The average molecular weight is 223 g/mol. The van der Waals surface area contributed by atoms with Crippen LogP contribution in [0, 0.1) is 0 Å². The van der Waals surface area contributed by atoms with Crippen LogP contribution in [0.4, 0.5) is 0 Å². The molecule has 0 saturated carbocycles. The lowest BCUT2D eigenvalue weighted by atomic mass is 10.3. The zero-order valence-corrected chi connectivity index (χ0v) is 8.94. The van der Waals surface area contributed by atoms with Crippen LogP contribution in [-0.2, 0) is 11.3 Å². The SMILES string of the molecule is C=COCCn1c(Cl)nc2ccccc21. The fourth-order valence-electron chi connectivity index (χ4n) is 1.49. The first-order chi connectivity index (χ1) is 7.33. The summed E-state index contributed by atoms with van der Waals surface area (Å²) in [5, 5.41) is 0.490. The number of para-hydroxylation sites is 2. The van der Waals surface area contributed by atoms with Gasteiger partial charge in [0.15, 0.2) is 0 Å². The lowest BCUT2D eigenvalue weighted by Gasteiger charge is -2.04. The second-order valence-electron chi connectivity index (χ2n) is 3.06. The number of hydrogen-bond donors (Lipinski definition) is 0. The molecule has 3 nitrogen and oxygen atoms in total. The smallest absolute Gasteiger partial charge is 0.203 e. The summed E-state index contributed by atoms with van der Waals surface area (Å²) in [6, 6.07) is 7.83. The normalized spacial score (nSPS) is 10.5. The predicted octanol–water partition coefficient (Wildman–Crippen LogP) is 2.85. The van der Waals surface area contributed by atoms with Crippen molar-refractivity contribution in [3.8, 4) is 0 Å². The van der Waals surface area contributed by atoms with Crippen molar-refractivity contribution in [2.45, 2.75) is 6.54 Å². The number of nitrogens with zero attached hydrogens (tertiary/aromatic N) is 2. The van der Waals surface area contributed by atoms with Crippen molar-refractivity contribution in [3.63, 3.8) is 0 Å². The summed E-state index contributed by atoms with van der Waals surface area (Å²) in [6.45, 7) is 4.70. The Morgan fingerprint density at radius 3 is 3.07 bits per heavy atom. The second kappa shape index (κ2) is 4.36. The number of hydrogen-bond acceptors (Lipinski definition) is 2. The van der Waals surface area contributed by atoms with E-state index in [9.17, 15) is 0 Å². The van der Waals surface area contributed by atoms with Gasteiger partial charge in [0.1, 0.15) is 6.61 Å². The molecule has 0 fully saturated rings. The van der Waals surface area contributed by atoms with Gasteiger partial charge < -0.3 is 9.30 Å². The maximum absolute atomic E-state index is 6.02. The van der Waals surface area contributed by atoms with Crippen LogP contribution in [0.2, 0.25) is 5.28 Å². The van der Waals surface area contributed by atoms with E-state index < -0.39 is 0 Å².